The van der Waals surface area contributed by atoms with Crippen LogP contribution in [0, 0.1) is 10.1 Å². The smallest absolute Gasteiger partial charge is 0.269 e. The van der Waals surface area contributed by atoms with Crippen molar-refractivity contribution in [1.29, 1.82) is 0 Å². The molecule has 0 unspecified atom stereocenters. The summed E-state index contributed by atoms with van der Waals surface area (Å²) >= 11 is 0. The predicted octanol–water partition coefficient (Wildman–Crippen LogP) is 1.34. The summed E-state index contributed by atoms with van der Waals surface area (Å²) in [5.74, 6) is 0. The molecule has 18 heavy (non-hydrogen) atoms. The fraction of sp³-hybridized carbons (Fsp3) is 0.250. The number of nitrogens with two attached hydrogens (primary N) is 1. The highest BCUT2D eigenvalue weighted by Gasteiger charge is 2.06. The van der Waals surface area contributed by atoms with Gasteiger partial charge in [-0.05, 0) is 12.1 Å². The Hall–Kier alpha value is -2.21. The van der Waals surface area contributed by atoms with Crippen LogP contribution in [-0.2, 0) is 13.0 Å². The third kappa shape index (κ3) is 2.72. The van der Waals surface area contributed by atoms with Gasteiger partial charge in [0, 0.05) is 37.0 Å². The van der Waals surface area contributed by atoms with Crippen molar-refractivity contribution in [2.24, 2.45) is 5.73 Å². The molecule has 0 aliphatic rings. The molecule has 0 aliphatic carbocycles. The molecule has 0 saturated heterocycles. The number of benzene rings is 1. The van der Waals surface area contributed by atoms with Crippen LogP contribution in [-0.4, -0.2) is 21.0 Å². The molecule has 0 amide bonds. The van der Waals surface area contributed by atoms with E-state index in [1.807, 2.05) is 4.57 Å². The summed E-state index contributed by atoms with van der Waals surface area (Å²) in [5.41, 5.74) is 7.69. The Morgan fingerprint density at radius 1 is 1.33 bits per heavy atom. The first-order chi connectivity index (χ1) is 8.70. The number of imidazole rings is 1. The van der Waals surface area contributed by atoms with E-state index < -0.39 is 4.92 Å². The summed E-state index contributed by atoms with van der Waals surface area (Å²) in [6.07, 6.45) is 4.30. The highest BCUT2D eigenvalue weighted by molar-refractivity contribution is 5.33. The minimum atomic E-state index is -0.402. The Morgan fingerprint density at radius 3 is 2.67 bits per heavy atom. The molecule has 0 bridgehead atoms. The summed E-state index contributed by atoms with van der Waals surface area (Å²) in [4.78, 5) is 14.2. The third-order valence-corrected chi connectivity index (χ3v) is 2.70. The molecular weight excluding hydrogens is 232 g/mol. The van der Waals surface area contributed by atoms with E-state index in [1.54, 1.807) is 24.7 Å². The number of nitro groups is 1. The molecule has 1 aromatic carbocycles. The lowest BCUT2D eigenvalue weighted by atomic mass is 10.2. The van der Waals surface area contributed by atoms with Gasteiger partial charge < -0.3 is 10.3 Å². The van der Waals surface area contributed by atoms with Gasteiger partial charge in [0.25, 0.3) is 5.69 Å². The number of rotatable bonds is 5. The Morgan fingerprint density at radius 2 is 2.06 bits per heavy atom. The van der Waals surface area contributed by atoms with E-state index in [2.05, 4.69) is 4.98 Å². The normalized spacial score (nSPS) is 10.5. The number of nitrogens with zero attached hydrogens (tertiary/aromatic N) is 3. The molecule has 6 nitrogen and oxygen atoms in total. The Balaban J connectivity index is 2.13. The van der Waals surface area contributed by atoms with Crippen molar-refractivity contribution in [2.45, 2.75) is 13.0 Å². The zero-order valence-electron chi connectivity index (χ0n) is 9.82. The molecule has 1 heterocycles. The molecule has 2 aromatic rings. The Kier molecular flexibility index (Phi) is 3.69. The molecule has 94 valence electrons. The van der Waals surface area contributed by atoms with Crippen LogP contribution in [0.2, 0.25) is 0 Å². The van der Waals surface area contributed by atoms with E-state index >= 15 is 0 Å². The van der Waals surface area contributed by atoms with Gasteiger partial charge in [-0.25, -0.2) is 4.98 Å². The summed E-state index contributed by atoms with van der Waals surface area (Å²) < 4.78 is 1.99. The quantitative estimate of drug-likeness (QED) is 0.637. The minimum absolute atomic E-state index is 0.103. The van der Waals surface area contributed by atoms with Crippen molar-refractivity contribution < 1.29 is 4.92 Å². The largest absolute Gasteiger partial charge is 0.330 e. The van der Waals surface area contributed by atoms with Crippen LogP contribution in [0.4, 0.5) is 5.69 Å². The van der Waals surface area contributed by atoms with Crippen molar-refractivity contribution >= 4 is 5.69 Å². The lowest BCUT2D eigenvalue weighted by Crippen LogP contribution is -2.09. The van der Waals surface area contributed by atoms with Crippen LogP contribution < -0.4 is 5.73 Å². The maximum atomic E-state index is 10.5. The Labute approximate surface area is 104 Å². The first-order valence-corrected chi connectivity index (χ1v) is 5.63. The van der Waals surface area contributed by atoms with Crippen LogP contribution in [0.25, 0.3) is 0 Å². The maximum absolute atomic E-state index is 10.5. The monoisotopic (exact) mass is 246 g/mol. The lowest BCUT2D eigenvalue weighted by Gasteiger charge is -2.07. The van der Waals surface area contributed by atoms with Gasteiger partial charge in [0.1, 0.15) is 0 Å². The number of nitro benzene ring substituents is 1. The maximum Gasteiger partial charge on any atom is 0.269 e. The van der Waals surface area contributed by atoms with Gasteiger partial charge in [0.05, 0.1) is 11.3 Å². The molecule has 0 saturated carbocycles. The van der Waals surface area contributed by atoms with E-state index in [0.29, 0.717) is 13.1 Å². The van der Waals surface area contributed by atoms with Crippen molar-refractivity contribution in [1.82, 2.24) is 9.55 Å². The van der Waals surface area contributed by atoms with Crippen LogP contribution in [0.1, 0.15) is 11.3 Å². The van der Waals surface area contributed by atoms with Crippen LogP contribution >= 0.6 is 0 Å². The minimum Gasteiger partial charge on any atom is -0.330 e. The standard InChI is InChI=1S/C12H14N4O2/c13-6-5-12-7-14-9-15(12)8-10-1-3-11(4-2-10)16(17)18/h1-4,7,9H,5-6,8,13H2. The first kappa shape index (κ1) is 12.3. The summed E-state index contributed by atoms with van der Waals surface area (Å²) in [7, 11) is 0. The van der Waals surface area contributed by atoms with E-state index in [1.165, 1.54) is 12.1 Å². The van der Waals surface area contributed by atoms with E-state index in [-0.39, 0.29) is 5.69 Å². The van der Waals surface area contributed by atoms with Gasteiger partial charge in [-0.1, -0.05) is 12.1 Å². The molecule has 0 atom stereocenters. The average Bonchev–Trinajstić information content (AvgIpc) is 2.78. The number of hydrogen-bond acceptors (Lipinski definition) is 4. The first-order valence-electron chi connectivity index (χ1n) is 5.63. The summed E-state index contributed by atoms with van der Waals surface area (Å²) in [6.45, 7) is 1.22. The Bertz CT molecular complexity index is 533. The van der Waals surface area contributed by atoms with Gasteiger partial charge in [-0.3, -0.25) is 10.1 Å². The van der Waals surface area contributed by atoms with Gasteiger partial charge in [-0.15, -0.1) is 0 Å². The highest BCUT2D eigenvalue weighted by atomic mass is 16.6. The molecule has 2 rings (SSSR count). The predicted molar refractivity (Wildman–Crippen MR) is 67.2 cm³/mol. The fourth-order valence-corrected chi connectivity index (χ4v) is 1.77. The average molecular weight is 246 g/mol. The third-order valence-electron chi connectivity index (χ3n) is 2.70. The molecule has 0 spiro atoms. The molecule has 6 heteroatoms. The highest BCUT2D eigenvalue weighted by Crippen LogP contribution is 2.13. The van der Waals surface area contributed by atoms with Crippen LogP contribution in [0.3, 0.4) is 0 Å². The van der Waals surface area contributed by atoms with Gasteiger partial charge >= 0.3 is 0 Å². The second kappa shape index (κ2) is 5.42. The van der Waals surface area contributed by atoms with Gasteiger partial charge in [-0.2, -0.15) is 0 Å². The lowest BCUT2D eigenvalue weighted by molar-refractivity contribution is -0.384. The van der Waals surface area contributed by atoms with E-state index in [0.717, 1.165) is 17.7 Å². The summed E-state index contributed by atoms with van der Waals surface area (Å²) in [6, 6.07) is 6.53. The zero-order valence-corrected chi connectivity index (χ0v) is 9.82. The molecule has 1 aromatic heterocycles. The number of hydrogen-bond donors (Lipinski definition) is 1. The van der Waals surface area contributed by atoms with Crippen molar-refractivity contribution in [2.75, 3.05) is 6.54 Å². The van der Waals surface area contributed by atoms with E-state index in [9.17, 15) is 10.1 Å². The molecule has 2 N–H and O–H groups in total. The molecule has 0 aliphatic heterocycles. The zero-order chi connectivity index (χ0) is 13.0. The SMILES string of the molecule is NCCc1cncn1Cc1ccc([N+](=O)[O-])cc1. The second-order valence-electron chi connectivity index (χ2n) is 3.98. The fourth-order valence-electron chi connectivity index (χ4n) is 1.77. The molecule has 0 radical (unpaired) electrons. The van der Waals surface area contributed by atoms with Crippen molar-refractivity contribution in [3.63, 3.8) is 0 Å². The molecule has 0 fully saturated rings. The summed E-state index contributed by atoms with van der Waals surface area (Å²) in [5, 5.41) is 10.5. The molecular formula is C12H14N4O2. The second-order valence-corrected chi connectivity index (χ2v) is 3.98. The number of aromatic nitrogens is 2. The topological polar surface area (TPSA) is 87.0 Å². The van der Waals surface area contributed by atoms with E-state index in [4.69, 9.17) is 5.73 Å². The van der Waals surface area contributed by atoms with Crippen molar-refractivity contribution in [3.05, 3.63) is 58.2 Å². The van der Waals surface area contributed by atoms with Crippen molar-refractivity contribution in [3.8, 4) is 0 Å². The van der Waals surface area contributed by atoms with Gasteiger partial charge in [0.2, 0.25) is 0 Å². The number of non-ortho nitro benzene ring substituents is 1. The van der Waals surface area contributed by atoms with Gasteiger partial charge in [0.15, 0.2) is 0 Å². The van der Waals surface area contributed by atoms with Crippen LogP contribution in [0.15, 0.2) is 36.8 Å². The van der Waals surface area contributed by atoms with Crippen LogP contribution in [0.5, 0.6) is 0 Å².